The summed E-state index contributed by atoms with van der Waals surface area (Å²) in [6.07, 6.45) is 0.485. The van der Waals surface area contributed by atoms with E-state index >= 15 is 0 Å². The minimum absolute atomic E-state index is 0.138. The molecule has 0 spiro atoms. The van der Waals surface area contributed by atoms with E-state index in [1.807, 2.05) is 6.92 Å². The number of carbonyl (C=O) groups is 2. The number of hydrogen-bond donors (Lipinski definition) is 1. The van der Waals surface area contributed by atoms with E-state index in [0.29, 0.717) is 6.42 Å². The largest absolute Gasteiger partial charge is 0.421 e. The minimum atomic E-state index is -1.39. The molecule has 4 nitrogen and oxygen atoms in total. The summed E-state index contributed by atoms with van der Waals surface area (Å²) in [7, 11) is 0. The van der Waals surface area contributed by atoms with Gasteiger partial charge in [-0.2, -0.15) is 0 Å². The fraction of sp³-hybridized carbons (Fsp3) is 0.667. The maximum absolute atomic E-state index is 11.1. The Bertz CT molecular complexity index is 215. The monoisotopic (exact) mass is 218 g/mol. The van der Waals surface area contributed by atoms with Crippen LogP contribution in [-0.4, -0.2) is 28.5 Å². The Kier molecular flexibility index (Phi) is 7.14. The number of rotatable bonds is 7. The minimum Gasteiger partial charge on any atom is -0.421 e. The molecule has 0 aliphatic heterocycles. The van der Waals surface area contributed by atoms with Gasteiger partial charge in [0.25, 0.3) is 0 Å². The lowest BCUT2D eigenvalue weighted by atomic mass is 10.1. The summed E-state index contributed by atoms with van der Waals surface area (Å²) in [6.45, 7) is 1.96. The van der Waals surface area contributed by atoms with Crippen LogP contribution in [0.25, 0.3) is 0 Å². The zero-order valence-electron chi connectivity index (χ0n) is 8.06. The first-order valence-electron chi connectivity index (χ1n) is 4.45. The lowest BCUT2D eigenvalue weighted by Gasteiger charge is -2.06. The Morgan fingerprint density at radius 1 is 1.57 bits per heavy atom. The summed E-state index contributed by atoms with van der Waals surface area (Å²) in [5, 5.41) is 9.16. The van der Waals surface area contributed by atoms with Gasteiger partial charge in [-0.05, 0) is 18.6 Å². The van der Waals surface area contributed by atoms with Crippen molar-refractivity contribution >= 4 is 29.5 Å². The lowest BCUT2D eigenvalue weighted by molar-refractivity contribution is -0.146. The van der Waals surface area contributed by atoms with Crippen LogP contribution in [0.15, 0.2) is 0 Å². The molecule has 0 rings (SSSR count). The summed E-state index contributed by atoms with van der Waals surface area (Å²) >= 11 is 4.27. The third-order valence-electron chi connectivity index (χ3n) is 1.67. The highest BCUT2D eigenvalue weighted by Gasteiger charge is 2.19. The Hall–Kier alpha value is -0.810. The van der Waals surface area contributed by atoms with Crippen LogP contribution in [0.3, 0.4) is 0 Å². The van der Waals surface area contributed by atoms with Crippen molar-refractivity contribution in [2.24, 2.45) is 0 Å². The van der Waals surface area contributed by atoms with Crippen LogP contribution in [-0.2, 0) is 14.3 Å². The van der Waals surface area contributed by atoms with E-state index in [0.717, 1.165) is 18.4 Å². The fourth-order valence-corrected chi connectivity index (χ4v) is 0.996. The van der Waals surface area contributed by atoms with E-state index in [9.17, 15) is 9.59 Å². The van der Waals surface area contributed by atoms with Crippen LogP contribution in [0.2, 0.25) is 0 Å². The number of thiocarbonyl (C=S) groups is 1. The molecule has 0 bridgehead atoms. The summed E-state index contributed by atoms with van der Waals surface area (Å²) in [4.78, 5) is 21.9. The Labute approximate surface area is 88.2 Å². The van der Waals surface area contributed by atoms with Gasteiger partial charge in [-0.15, -0.1) is 0 Å². The second-order valence-corrected chi connectivity index (χ2v) is 3.09. The molecule has 14 heavy (non-hydrogen) atoms. The summed E-state index contributed by atoms with van der Waals surface area (Å²) < 4.78 is 4.26. The molecule has 0 aliphatic rings. The number of ketones is 1. The molecule has 80 valence electrons. The Balaban J connectivity index is 3.80. The van der Waals surface area contributed by atoms with Crippen molar-refractivity contribution in [2.75, 3.05) is 0 Å². The number of Topliss-reactive ketones (excluding diaryl/α,β-unsaturated/α-hetero) is 1. The molecule has 0 heterocycles. The van der Waals surface area contributed by atoms with Crippen molar-refractivity contribution in [1.29, 1.82) is 0 Å². The number of aliphatic hydroxyl groups excluding tert-OH is 1. The average Bonchev–Trinajstić information content (AvgIpc) is 2.15. The van der Waals surface area contributed by atoms with Gasteiger partial charge < -0.3 is 9.84 Å². The molecule has 0 aromatic carbocycles. The number of aliphatic hydroxyl groups is 1. The molecular weight excluding hydrogens is 204 g/mol. The molecule has 0 aromatic heterocycles. The van der Waals surface area contributed by atoms with Crippen LogP contribution in [0.5, 0.6) is 0 Å². The van der Waals surface area contributed by atoms with E-state index in [-0.39, 0.29) is 12.2 Å². The highest BCUT2D eigenvalue weighted by Crippen LogP contribution is 2.02. The standard InChI is InChI=1S/C9H14O4S/c1-2-3-4-7(10)5-8(11)9(12)13-6-14/h6,8,11H,2-5H2,1H3. The van der Waals surface area contributed by atoms with E-state index in [2.05, 4.69) is 17.0 Å². The molecule has 0 saturated carbocycles. The SMILES string of the molecule is CCCCC(=O)CC(O)C(=O)OC=S. The highest BCUT2D eigenvalue weighted by atomic mass is 32.1. The van der Waals surface area contributed by atoms with E-state index in [4.69, 9.17) is 5.11 Å². The third kappa shape index (κ3) is 5.77. The van der Waals surface area contributed by atoms with Crippen LogP contribution in [0.1, 0.15) is 32.6 Å². The Morgan fingerprint density at radius 2 is 2.21 bits per heavy atom. The number of esters is 1. The van der Waals surface area contributed by atoms with Crippen molar-refractivity contribution in [2.45, 2.75) is 38.7 Å². The van der Waals surface area contributed by atoms with Crippen LogP contribution in [0.4, 0.5) is 0 Å². The molecule has 0 amide bonds. The van der Waals surface area contributed by atoms with E-state index in [1.54, 1.807) is 0 Å². The fourth-order valence-electron chi connectivity index (χ4n) is 0.901. The second kappa shape index (κ2) is 7.58. The summed E-state index contributed by atoms with van der Waals surface area (Å²) in [5.74, 6) is -1.01. The average molecular weight is 218 g/mol. The van der Waals surface area contributed by atoms with Crippen molar-refractivity contribution in [3.05, 3.63) is 0 Å². The van der Waals surface area contributed by atoms with Crippen molar-refractivity contribution in [3.8, 4) is 0 Å². The molecule has 1 N–H and O–H groups in total. The first-order valence-corrected chi connectivity index (χ1v) is 4.92. The van der Waals surface area contributed by atoms with Crippen molar-refractivity contribution in [3.63, 3.8) is 0 Å². The van der Waals surface area contributed by atoms with Gasteiger partial charge >= 0.3 is 5.97 Å². The van der Waals surface area contributed by atoms with Gasteiger partial charge in [0.2, 0.25) is 0 Å². The molecular formula is C9H14O4S. The normalized spacial score (nSPS) is 11.9. The summed E-state index contributed by atoms with van der Waals surface area (Å²) in [5.41, 5.74) is 0.766. The smallest absolute Gasteiger partial charge is 0.341 e. The van der Waals surface area contributed by atoms with Gasteiger partial charge in [-0.1, -0.05) is 13.3 Å². The third-order valence-corrected chi connectivity index (χ3v) is 1.76. The van der Waals surface area contributed by atoms with Crippen LogP contribution in [0, 0.1) is 0 Å². The highest BCUT2D eigenvalue weighted by molar-refractivity contribution is 7.78. The molecule has 0 saturated heterocycles. The molecule has 0 fully saturated rings. The van der Waals surface area contributed by atoms with Crippen LogP contribution >= 0.6 is 12.2 Å². The zero-order chi connectivity index (χ0) is 11.0. The van der Waals surface area contributed by atoms with Crippen LogP contribution < -0.4 is 0 Å². The van der Waals surface area contributed by atoms with Crippen molar-refractivity contribution in [1.82, 2.24) is 0 Å². The molecule has 1 atom stereocenters. The first-order chi connectivity index (χ1) is 6.61. The summed E-state index contributed by atoms with van der Waals surface area (Å²) in [6, 6.07) is 0. The molecule has 0 radical (unpaired) electrons. The number of unbranched alkanes of at least 4 members (excludes halogenated alkanes) is 1. The Morgan fingerprint density at radius 3 is 2.71 bits per heavy atom. The van der Waals surface area contributed by atoms with Gasteiger partial charge in [0, 0.05) is 12.8 Å². The number of ether oxygens (including phenoxy) is 1. The molecule has 0 aromatic rings. The van der Waals surface area contributed by atoms with Gasteiger partial charge in [-0.3, -0.25) is 4.79 Å². The van der Waals surface area contributed by atoms with E-state index in [1.165, 1.54) is 0 Å². The lowest BCUT2D eigenvalue weighted by Crippen LogP contribution is -2.25. The first kappa shape index (κ1) is 13.2. The molecule has 1 unspecified atom stereocenters. The topological polar surface area (TPSA) is 63.6 Å². The predicted molar refractivity (Wildman–Crippen MR) is 54.9 cm³/mol. The second-order valence-electron chi connectivity index (χ2n) is 2.90. The van der Waals surface area contributed by atoms with E-state index < -0.39 is 12.1 Å². The maximum atomic E-state index is 11.1. The molecule has 0 aliphatic carbocycles. The number of hydrogen-bond acceptors (Lipinski definition) is 5. The quantitative estimate of drug-likeness (QED) is 0.510. The zero-order valence-corrected chi connectivity index (χ0v) is 8.88. The molecule has 5 heteroatoms. The van der Waals surface area contributed by atoms with Gasteiger partial charge in [-0.25, -0.2) is 4.79 Å². The number of carbonyl (C=O) groups excluding carboxylic acids is 2. The van der Waals surface area contributed by atoms with Gasteiger partial charge in [0.15, 0.2) is 11.7 Å². The predicted octanol–water partition coefficient (Wildman–Crippen LogP) is 0.997. The van der Waals surface area contributed by atoms with Gasteiger partial charge in [0.05, 0.1) is 0 Å². The maximum Gasteiger partial charge on any atom is 0.341 e. The van der Waals surface area contributed by atoms with Gasteiger partial charge in [0.1, 0.15) is 5.78 Å². The van der Waals surface area contributed by atoms with Crippen molar-refractivity contribution < 1.29 is 19.4 Å².